The van der Waals surface area contributed by atoms with Crippen LogP contribution in [0.3, 0.4) is 0 Å². The van der Waals surface area contributed by atoms with E-state index in [1.54, 1.807) is 56.1 Å². The molecule has 0 aliphatic rings. The molecule has 0 saturated heterocycles. The lowest BCUT2D eigenvalue weighted by molar-refractivity contribution is -0.112. The first-order valence-corrected chi connectivity index (χ1v) is 48.7. The molecule has 0 amide bonds. The molecule has 0 aliphatic carbocycles. The number of nitrogens with zero attached hydrogens (tertiary/aromatic N) is 4. The molecule has 19 aromatic carbocycles. The Morgan fingerprint density at radius 3 is 0.958 bits per heavy atom. The van der Waals surface area contributed by atoms with Gasteiger partial charge in [-0.2, -0.15) is 0 Å². The summed E-state index contributed by atoms with van der Waals surface area (Å²) in [4.78, 5) is 50.1. The first kappa shape index (κ1) is 94.1. The van der Waals surface area contributed by atoms with Crippen molar-refractivity contribution in [3.8, 4) is 56.1 Å². The summed E-state index contributed by atoms with van der Waals surface area (Å²) in [5.41, 5.74) is 31.9. The highest BCUT2D eigenvalue weighted by Gasteiger charge is 2.28. The molecular formula is C132H110N4O8. The predicted octanol–water partition coefficient (Wildman–Crippen LogP) is 33.3. The van der Waals surface area contributed by atoms with Gasteiger partial charge in [-0.1, -0.05) is 267 Å². The second-order valence-electron chi connectivity index (χ2n) is 37.0. The standard InChI is InChI=1S/C34H25NO2.C34H27NO2.C34H33NO2.C30H25NO2/c1-20(36)32(21(2)37-3)26-16-12-22-14-18-28-31(19-15-23-13-17-27(26)33(22)34(23)28)35-29-10-6-4-8-24(29)25-9-5-7-11-30(25)35;1-22(36)34(23(2)37-3)30-19-18-26(27-13-7-8-14-28(27)30)24-17-20-33-31(21-24)29-15-9-10-16-32(29)35(33)25-11-5-4-6-12-25;1-20-22(3)33(34(24(5)36)25(6)37-7)23(4)21(2)32(20)26-17-18-31-29(19-26)28-15-11-12-16-30(28)35(31)27-13-9-8-10-14-27;1-20(32)30(21(2)33-3)23-15-13-22(14-16-23)24-17-18-29-27(19-24)26-11-7-8-12-28(26)31(29)25-9-5-4-6-10-25/h4-19H,1-3H3;4-21H,1-3H3;8-19H,1-7H3;4-19H,1-3H3/b32-21+;34-23+;34-25+;30-21+. The number of carbonyl (C=O) groups excluding carboxylic acids is 4. The number of Topliss-reactive ketones (excluding diaryl/α,β-unsaturated/α-hetero) is 4. The van der Waals surface area contributed by atoms with Crippen LogP contribution in [0.5, 0.6) is 0 Å². The SMILES string of the molecule is CO/C(C)=C(\C(C)=O)c1c(C)c(C)c(-c2ccc3c(c2)c2ccccc2n3-c2ccccc2)c(C)c1C.CO/C(C)=C(\C(C)=O)c1ccc(-c2ccc3c(c2)c2ccccc2n3-c2ccccc2)c2ccccc12.CO/C(C)=C(\C(C)=O)c1ccc(-c2ccc3c(c2)c2ccccc2n3-c2ccccc2)cc1.CO/C(C)=C(\C(C)=O)c1ccc2ccc3c(-n4c5ccccc5c5ccccc54)ccc4ccc1c2c43. The highest BCUT2D eigenvalue weighted by Crippen LogP contribution is 2.48. The second kappa shape index (κ2) is 39.3. The van der Waals surface area contributed by atoms with Crippen molar-refractivity contribution in [1.29, 1.82) is 0 Å². The molecule has 0 saturated carbocycles. The lowest BCUT2D eigenvalue weighted by atomic mass is 9.82. The molecule has 0 atom stereocenters. The summed E-state index contributed by atoms with van der Waals surface area (Å²) in [6.07, 6.45) is 0. The zero-order valence-electron chi connectivity index (χ0n) is 83.9. The average molecular weight is 1880 g/mol. The Bertz CT molecular complexity index is 9170. The van der Waals surface area contributed by atoms with E-state index in [0.29, 0.717) is 45.3 Å². The molecule has 23 aromatic rings. The summed E-state index contributed by atoms with van der Waals surface area (Å²) >= 11 is 0. The van der Waals surface area contributed by atoms with Crippen LogP contribution in [0.2, 0.25) is 0 Å². The van der Waals surface area contributed by atoms with Gasteiger partial charge in [0.25, 0.3) is 0 Å². The van der Waals surface area contributed by atoms with Crippen LogP contribution in [0.1, 0.15) is 99.9 Å². The summed E-state index contributed by atoms with van der Waals surface area (Å²) in [5.74, 6) is 2.55. The zero-order valence-corrected chi connectivity index (χ0v) is 83.9. The van der Waals surface area contributed by atoms with E-state index >= 15 is 0 Å². The maximum absolute atomic E-state index is 12.7. The second-order valence-corrected chi connectivity index (χ2v) is 37.0. The van der Waals surface area contributed by atoms with Gasteiger partial charge in [0.05, 0.1) is 101 Å². The molecule has 0 unspecified atom stereocenters. The lowest BCUT2D eigenvalue weighted by Gasteiger charge is -2.23. The number of rotatable bonds is 19. The van der Waals surface area contributed by atoms with Gasteiger partial charge in [-0.05, 0) is 308 Å². The maximum atomic E-state index is 12.7. The highest BCUT2D eigenvalue weighted by atomic mass is 16.5. The maximum Gasteiger partial charge on any atom is 0.163 e. The van der Waals surface area contributed by atoms with E-state index in [-0.39, 0.29) is 23.1 Å². The van der Waals surface area contributed by atoms with Crippen molar-refractivity contribution in [3.05, 3.63) is 444 Å². The number of methoxy groups -OCH3 is 4. The Hall–Kier alpha value is -17.5. The summed E-state index contributed by atoms with van der Waals surface area (Å²) in [7, 11) is 6.44. The molecule has 4 heterocycles. The number of ketones is 4. The summed E-state index contributed by atoms with van der Waals surface area (Å²) in [6.45, 7) is 22.3. The van der Waals surface area contributed by atoms with Crippen molar-refractivity contribution in [2.45, 2.75) is 83.1 Å². The van der Waals surface area contributed by atoms with Crippen molar-refractivity contribution < 1.29 is 38.1 Å². The molecule has 0 bridgehead atoms. The molecule has 0 aliphatic heterocycles. The van der Waals surface area contributed by atoms with Gasteiger partial charge in [0.1, 0.15) is 23.0 Å². The van der Waals surface area contributed by atoms with Crippen LogP contribution in [0, 0.1) is 27.7 Å². The van der Waals surface area contributed by atoms with Crippen LogP contribution in [0.25, 0.3) is 209 Å². The third kappa shape index (κ3) is 16.6. The zero-order chi connectivity index (χ0) is 100. The number of fused-ring (bicyclic) bond motifs is 13. The Kier molecular flexibility index (Phi) is 25.7. The van der Waals surface area contributed by atoms with E-state index in [0.717, 1.165) is 99.9 Å². The van der Waals surface area contributed by atoms with Crippen LogP contribution < -0.4 is 0 Å². The van der Waals surface area contributed by atoms with E-state index in [2.05, 4.69) is 386 Å². The summed E-state index contributed by atoms with van der Waals surface area (Å²) < 4.78 is 31.2. The molecule has 0 spiro atoms. The van der Waals surface area contributed by atoms with Crippen molar-refractivity contribution >= 4 is 176 Å². The normalized spacial score (nSPS) is 12.3. The number of hydrogen-bond acceptors (Lipinski definition) is 8. The van der Waals surface area contributed by atoms with Gasteiger partial charge in [-0.3, -0.25) is 19.2 Å². The molecule has 706 valence electrons. The minimum absolute atomic E-state index is 0.000327. The van der Waals surface area contributed by atoms with E-state index in [1.807, 2.05) is 64.1 Å². The summed E-state index contributed by atoms with van der Waals surface area (Å²) in [5, 5.41) is 19.0. The Morgan fingerprint density at radius 2 is 0.528 bits per heavy atom. The van der Waals surface area contributed by atoms with Crippen LogP contribution in [0.15, 0.2) is 399 Å². The first-order valence-electron chi connectivity index (χ1n) is 48.7. The Morgan fingerprint density at radius 1 is 0.222 bits per heavy atom. The fraction of sp³-hybridized carbons (Fsp3) is 0.121. The molecule has 0 radical (unpaired) electrons. The average Bonchev–Trinajstić information content (AvgIpc) is 1.37. The van der Waals surface area contributed by atoms with Gasteiger partial charge in [0.15, 0.2) is 23.1 Å². The topological polar surface area (TPSA) is 125 Å². The molecule has 0 fully saturated rings. The largest absolute Gasteiger partial charge is 0.501 e. The fourth-order valence-electron chi connectivity index (χ4n) is 22.0. The Labute approximate surface area is 837 Å². The molecule has 12 nitrogen and oxygen atoms in total. The van der Waals surface area contributed by atoms with Gasteiger partial charge >= 0.3 is 0 Å². The number of para-hydroxylation sites is 8. The van der Waals surface area contributed by atoms with Gasteiger partial charge < -0.3 is 37.2 Å². The van der Waals surface area contributed by atoms with Crippen LogP contribution in [-0.4, -0.2) is 69.8 Å². The van der Waals surface area contributed by atoms with E-state index in [1.165, 1.54) is 131 Å². The number of ether oxygens (including phenoxy) is 4. The van der Waals surface area contributed by atoms with E-state index in [9.17, 15) is 19.2 Å². The van der Waals surface area contributed by atoms with Crippen molar-refractivity contribution in [2.24, 2.45) is 0 Å². The van der Waals surface area contributed by atoms with Gasteiger partial charge in [-0.15, -0.1) is 0 Å². The van der Waals surface area contributed by atoms with E-state index in [4.69, 9.17) is 18.9 Å². The molecule has 144 heavy (non-hydrogen) atoms. The first-order chi connectivity index (χ1) is 70.0. The molecule has 23 rings (SSSR count). The lowest BCUT2D eigenvalue weighted by Crippen LogP contribution is -2.09. The quantitative estimate of drug-likeness (QED) is 0.0445. The van der Waals surface area contributed by atoms with Gasteiger partial charge in [0.2, 0.25) is 0 Å². The molecule has 12 heteroatoms. The summed E-state index contributed by atoms with van der Waals surface area (Å²) in [6, 6.07) is 132. The third-order valence-corrected chi connectivity index (χ3v) is 29.0. The molecular weight excluding hydrogens is 1770 g/mol. The van der Waals surface area contributed by atoms with Crippen molar-refractivity contribution in [2.75, 3.05) is 28.4 Å². The number of allylic oxidation sites excluding steroid dienone is 8. The highest BCUT2D eigenvalue weighted by molar-refractivity contribution is 6.31. The predicted molar refractivity (Wildman–Crippen MR) is 601 cm³/mol. The number of hydrogen-bond donors (Lipinski definition) is 0. The van der Waals surface area contributed by atoms with Crippen molar-refractivity contribution in [3.63, 3.8) is 0 Å². The fourth-order valence-corrected chi connectivity index (χ4v) is 22.0. The minimum atomic E-state index is -0.00704. The minimum Gasteiger partial charge on any atom is -0.501 e. The molecule has 0 N–H and O–H groups in total. The van der Waals surface area contributed by atoms with Gasteiger partial charge in [0, 0.05) is 65.5 Å². The Balaban J connectivity index is 0.000000117. The van der Waals surface area contributed by atoms with Crippen LogP contribution in [0.4, 0.5) is 0 Å². The third-order valence-electron chi connectivity index (χ3n) is 29.0. The number of benzene rings is 19. The van der Waals surface area contributed by atoms with Crippen LogP contribution in [-0.2, 0) is 38.1 Å². The van der Waals surface area contributed by atoms with Crippen molar-refractivity contribution in [1.82, 2.24) is 18.3 Å². The van der Waals surface area contributed by atoms with Gasteiger partial charge in [-0.25, -0.2) is 0 Å². The smallest absolute Gasteiger partial charge is 0.163 e. The number of carbonyl (C=O) groups is 4. The molecule has 4 aromatic heterocycles. The monoisotopic (exact) mass is 1880 g/mol. The van der Waals surface area contributed by atoms with E-state index < -0.39 is 0 Å². The van der Waals surface area contributed by atoms with Crippen LogP contribution >= 0.6 is 0 Å². The number of aromatic nitrogens is 4.